The van der Waals surface area contributed by atoms with Crippen LogP contribution < -0.4 is 10.2 Å². The van der Waals surface area contributed by atoms with Crippen molar-refractivity contribution in [2.45, 2.75) is 31.5 Å². The van der Waals surface area contributed by atoms with Gasteiger partial charge in [-0.05, 0) is 37.7 Å². The van der Waals surface area contributed by atoms with Crippen molar-refractivity contribution in [3.8, 4) is 6.07 Å². The first-order valence-corrected chi connectivity index (χ1v) is 12.0. The van der Waals surface area contributed by atoms with Crippen LogP contribution in [0.15, 0.2) is 30.5 Å². The topological polar surface area (TPSA) is 92.6 Å². The zero-order valence-corrected chi connectivity index (χ0v) is 20.1. The lowest BCUT2D eigenvalue weighted by molar-refractivity contribution is -0.178. The van der Waals surface area contributed by atoms with Crippen LogP contribution in [0.25, 0.3) is 10.9 Å². The first kappa shape index (κ1) is 25.7. The number of aromatic nitrogens is 1. The van der Waals surface area contributed by atoms with Crippen LogP contribution in [0.4, 0.5) is 18.9 Å². The quantitative estimate of drug-likeness (QED) is 0.676. The number of alkyl halides is 3. The minimum Gasteiger partial charge on any atom is -0.368 e. The van der Waals surface area contributed by atoms with Gasteiger partial charge in [-0.1, -0.05) is 0 Å². The van der Waals surface area contributed by atoms with Crippen LogP contribution in [0.2, 0.25) is 0 Å². The van der Waals surface area contributed by atoms with Gasteiger partial charge >= 0.3 is 6.18 Å². The predicted octanol–water partition coefficient (Wildman–Crippen LogP) is 2.53. The Bertz CT molecular complexity index is 1160. The molecule has 2 amide bonds. The number of pyridine rings is 1. The molecule has 11 heteroatoms. The van der Waals surface area contributed by atoms with Gasteiger partial charge in [0, 0.05) is 75.4 Å². The largest absolute Gasteiger partial charge is 0.393 e. The first-order chi connectivity index (χ1) is 17.2. The average molecular weight is 503 g/mol. The Morgan fingerprint density at radius 3 is 2.58 bits per heavy atom. The van der Waals surface area contributed by atoms with Crippen LogP contribution in [0.5, 0.6) is 0 Å². The van der Waals surface area contributed by atoms with Crippen molar-refractivity contribution < 1.29 is 22.8 Å². The maximum Gasteiger partial charge on any atom is 0.393 e. The molecule has 36 heavy (non-hydrogen) atoms. The molecular weight excluding hydrogens is 473 g/mol. The second-order valence-electron chi connectivity index (χ2n) is 9.47. The number of anilines is 1. The van der Waals surface area contributed by atoms with Crippen LogP contribution in [0.3, 0.4) is 0 Å². The van der Waals surface area contributed by atoms with Crippen molar-refractivity contribution in [2.75, 3.05) is 51.2 Å². The second kappa shape index (κ2) is 10.7. The first-order valence-electron chi connectivity index (χ1n) is 12.0. The van der Waals surface area contributed by atoms with E-state index in [0.717, 1.165) is 13.1 Å². The van der Waals surface area contributed by atoms with Crippen molar-refractivity contribution in [1.82, 2.24) is 20.1 Å². The predicted molar refractivity (Wildman–Crippen MR) is 128 cm³/mol. The standard InChI is InChI=1S/C25H29F3N6O2/c1-32-9-11-33(12-10-32)23(36)7-6-22(35)31-19-13-18(25(26,27)28)15-34(16-19)21-5-4-17(14-29)24-20(21)3-2-8-30-24/h2-5,8,18-19H,6-7,9-13,15-16H2,1H3,(H,31,35)/t18-,19+/m1/s1. The fraction of sp³-hybridized carbons (Fsp3) is 0.520. The zero-order valence-electron chi connectivity index (χ0n) is 20.1. The highest BCUT2D eigenvalue weighted by atomic mass is 19.4. The number of hydrogen-bond donors (Lipinski definition) is 1. The molecule has 2 aromatic rings. The summed E-state index contributed by atoms with van der Waals surface area (Å²) in [5.74, 6) is -2.18. The Balaban J connectivity index is 1.46. The number of piperidine rings is 1. The summed E-state index contributed by atoms with van der Waals surface area (Å²) in [7, 11) is 1.98. The third kappa shape index (κ3) is 5.87. The van der Waals surface area contributed by atoms with Crippen molar-refractivity contribution in [3.05, 3.63) is 36.0 Å². The molecule has 2 saturated heterocycles. The fourth-order valence-corrected chi connectivity index (χ4v) is 4.90. The summed E-state index contributed by atoms with van der Waals surface area (Å²) in [5, 5.41) is 12.7. The molecule has 0 spiro atoms. The number of hydrogen-bond acceptors (Lipinski definition) is 6. The number of carbonyl (C=O) groups is 2. The van der Waals surface area contributed by atoms with E-state index in [1.807, 2.05) is 7.05 Å². The summed E-state index contributed by atoms with van der Waals surface area (Å²) < 4.78 is 41.4. The Labute approximate surface area is 207 Å². The Kier molecular flexibility index (Phi) is 7.64. The van der Waals surface area contributed by atoms with E-state index in [9.17, 15) is 28.0 Å². The van der Waals surface area contributed by atoms with Gasteiger partial charge in [-0.2, -0.15) is 18.4 Å². The number of nitrogens with one attached hydrogen (secondary N) is 1. The van der Waals surface area contributed by atoms with Gasteiger partial charge in [-0.15, -0.1) is 0 Å². The second-order valence-corrected chi connectivity index (χ2v) is 9.47. The van der Waals surface area contributed by atoms with Crippen molar-refractivity contribution >= 4 is 28.4 Å². The van der Waals surface area contributed by atoms with Crippen LogP contribution in [0, 0.1) is 17.2 Å². The van der Waals surface area contributed by atoms with E-state index in [4.69, 9.17) is 0 Å². The summed E-state index contributed by atoms with van der Waals surface area (Å²) >= 11 is 0. The van der Waals surface area contributed by atoms with Crippen molar-refractivity contribution in [2.24, 2.45) is 5.92 Å². The lowest BCUT2D eigenvalue weighted by atomic mass is 9.92. The third-order valence-corrected chi connectivity index (χ3v) is 6.91. The average Bonchev–Trinajstić information content (AvgIpc) is 2.86. The molecule has 3 heterocycles. The molecule has 0 saturated carbocycles. The summed E-state index contributed by atoms with van der Waals surface area (Å²) in [4.78, 5) is 34.7. The normalized spacial score (nSPS) is 21.3. The third-order valence-electron chi connectivity index (χ3n) is 6.91. The van der Waals surface area contributed by atoms with Gasteiger partial charge in [0.1, 0.15) is 6.07 Å². The lowest BCUT2D eigenvalue weighted by Gasteiger charge is -2.40. The molecule has 1 aromatic heterocycles. The van der Waals surface area contributed by atoms with Gasteiger partial charge in [0.2, 0.25) is 11.8 Å². The molecule has 192 valence electrons. The number of fused-ring (bicyclic) bond motifs is 1. The van der Waals surface area contributed by atoms with Crippen LogP contribution >= 0.6 is 0 Å². The minimum atomic E-state index is -4.43. The smallest absolute Gasteiger partial charge is 0.368 e. The number of amides is 2. The molecule has 2 atom stereocenters. The maximum absolute atomic E-state index is 13.8. The highest BCUT2D eigenvalue weighted by Gasteiger charge is 2.45. The molecule has 2 aliphatic rings. The van der Waals surface area contributed by atoms with Crippen molar-refractivity contribution in [1.29, 1.82) is 5.26 Å². The molecular formula is C25H29F3N6O2. The number of nitrogens with zero attached hydrogens (tertiary/aromatic N) is 5. The van der Waals surface area contributed by atoms with Gasteiger partial charge in [0.25, 0.3) is 0 Å². The van der Waals surface area contributed by atoms with E-state index in [1.54, 1.807) is 34.1 Å². The maximum atomic E-state index is 13.8. The number of likely N-dealkylation sites (N-methyl/N-ethyl adjacent to an activating group) is 1. The molecule has 1 N–H and O–H groups in total. The summed E-state index contributed by atoms with van der Waals surface area (Å²) in [6, 6.07) is 7.92. The monoisotopic (exact) mass is 502 g/mol. The Morgan fingerprint density at radius 1 is 1.14 bits per heavy atom. The van der Waals surface area contributed by atoms with Crippen LogP contribution in [-0.4, -0.2) is 85.1 Å². The molecule has 0 unspecified atom stereocenters. The minimum absolute atomic E-state index is 0.0284. The molecule has 0 aliphatic carbocycles. The molecule has 0 radical (unpaired) electrons. The number of halogens is 3. The number of rotatable bonds is 5. The molecule has 2 aliphatic heterocycles. The van der Waals surface area contributed by atoms with Gasteiger partial charge in [-0.25, -0.2) is 0 Å². The molecule has 1 aromatic carbocycles. The Hall–Kier alpha value is -3.39. The molecule has 8 nitrogen and oxygen atoms in total. The zero-order chi connectivity index (χ0) is 25.9. The van der Waals surface area contributed by atoms with Gasteiger partial charge in [0.05, 0.1) is 17.0 Å². The number of piperazine rings is 1. The van der Waals surface area contributed by atoms with E-state index < -0.39 is 24.0 Å². The highest BCUT2D eigenvalue weighted by Crippen LogP contribution is 2.37. The van der Waals surface area contributed by atoms with Gasteiger partial charge in [-0.3, -0.25) is 14.6 Å². The van der Waals surface area contributed by atoms with E-state index in [2.05, 4.69) is 21.3 Å². The van der Waals surface area contributed by atoms with Gasteiger partial charge in [0.15, 0.2) is 0 Å². The van der Waals surface area contributed by atoms with Gasteiger partial charge < -0.3 is 20.0 Å². The number of nitriles is 1. The SMILES string of the molecule is CN1CCN(C(=O)CCC(=O)N[C@H]2C[C@@H](C(F)(F)F)CN(c3ccc(C#N)c4ncccc34)C2)CC1. The van der Waals surface area contributed by atoms with Crippen LogP contribution in [-0.2, 0) is 9.59 Å². The lowest BCUT2D eigenvalue weighted by Crippen LogP contribution is -2.54. The summed E-state index contributed by atoms with van der Waals surface area (Å²) in [6.45, 7) is 2.68. The number of benzene rings is 1. The fourth-order valence-electron chi connectivity index (χ4n) is 4.90. The Morgan fingerprint density at radius 2 is 1.89 bits per heavy atom. The summed E-state index contributed by atoms with van der Waals surface area (Å²) in [5.41, 5.74) is 1.30. The van der Waals surface area contributed by atoms with E-state index in [1.165, 1.54) is 6.20 Å². The van der Waals surface area contributed by atoms with E-state index >= 15 is 0 Å². The van der Waals surface area contributed by atoms with Crippen molar-refractivity contribution in [3.63, 3.8) is 0 Å². The number of carbonyl (C=O) groups excluding carboxylic acids is 2. The molecule has 2 fully saturated rings. The van der Waals surface area contributed by atoms with E-state index in [-0.39, 0.29) is 38.3 Å². The highest BCUT2D eigenvalue weighted by molar-refractivity contribution is 5.95. The summed E-state index contributed by atoms with van der Waals surface area (Å²) in [6.07, 6.45) is -3.17. The molecule has 4 rings (SSSR count). The van der Waals surface area contributed by atoms with Crippen LogP contribution in [0.1, 0.15) is 24.8 Å². The molecule has 0 bridgehead atoms. The van der Waals surface area contributed by atoms with E-state index in [0.29, 0.717) is 35.2 Å².